The van der Waals surface area contributed by atoms with Crippen LogP contribution in [0.15, 0.2) is 96.5 Å². The fourth-order valence-electron chi connectivity index (χ4n) is 11.4. The van der Waals surface area contributed by atoms with Crippen LogP contribution in [0.3, 0.4) is 0 Å². The van der Waals surface area contributed by atoms with E-state index in [0.717, 1.165) is 44.0 Å². The molecular weight excluding hydrogens is 1140 g/mol. The molecule has 0 radical (unpaired) electrons. The number of fused-ring (bicyclic) bond motifs is 1. The second-order valence-electron chi connectivity index (χ2n) is 23.5. The summed E-state index contributed by atoms with van der Waals surface area (Å²) in [5.74, 6) is -3.39. The third kappa shape index (κ3) is 14.7. The fourth-order valence-corrected chi connectivity index (χ4v) is 12.7. The molecule has 7 atom stereocenters. The van der Waals surface area contributed by atoms with Crippen molar-refractivity contribution in [3.63, 3.8) is 0 Å². The number of likely N-dealkylation sites (tertiary alicyclic amines) is 1. The van der Waals surface area contributed by atoms with Gasteiger partial charge in [0, 0.05) is 55.2 Å². The van der Waals surface area contributed by atoms with Crippen LogP contribution in [0.2, 0.25) is 0 Å². The maximum Gasteiger partial charge on any atom is 0.396 e. The van der Waals surface area contributed by atoms with Crippen molar-refractivity contribution in [2.45, 2.75) is 148 Å². The van der Waals surface area contributed by atoms with Crippen LogP contribution < -0.4 is 31.9 Å². The van der Waals surface area contributed by atoms with Crippen molar-refractivity contribution < 1.29 is 62.6 Å². The highest BCUT2D eigenvalue weighted by Gasteiger charge is 2.46. The zero-order valence-corrected chi connectivity index (χ0v) is 50.2. The van der Waals surface area contributed by atoms with Gasteiger partial charge in [-0.3, -0.25) is 47.8 Å². The monoisotopic (exact) mass is 1210 g/mol. The minimum atomic E-state index is -5.06. The van der Waals surface area contributed by atoms with Gasteiger partial charge < -0.3 is 56.5 Å². The van der Waals surface area contributed by atoms with Gasteiger partial charge in [0.1, 0.15) is 29.9 Å². The Labute approximate surface area is 501 Å². The van der Waals surface area contributed by atoms with Crippen LogP contribution in [0.25, 0.3) is 21.3 Å². The number of carbonyl (C=O) groups excluding carboxylic acids is 8. The molecule has 454 valence electrons. The molecular formula is C62H72N9O13PS. The number of ether oxygens (including phenoxy) is 1. The Morgan fingerprint density at radius 2 is 1.60 bits per heavy atom. The topological polar surface area (TPSA) is 333 Å². The standard InChI is InChI=1S/C62H72N9O13PS/c1-34-54(86-33-65-34)40-18-16-37(17-19-40)30-64-57(76)49-29-44(72)31-70(49)60(79)55(62(3,4)5)69-52(74)11-6-8-36-12-14-38(15-13-36)32-84-35(2)45(24-25-51(63)73)67-58(77)50-28-41-10-7-9-39-20-23-47(59(78)71(50)53(39)41)68-56(75)48-27-43-26-42(21-22-46(43)66-48)61(80)85(81,82)83/h7,9-10,12-19,21-22,26-27,33,35,44-45,47,49-50,55,66,72H,6,8,11,20,23-25,28-32H2,1-5H3,(H2,63,73)(H,64,76)(H,67,77)(H,68,75)(H,69,74)(H2,81,82,83)/t35-,44-,45+,47+,49?,50+,55-/m1/s1. The van der Waals surface area contributed by atoms with E-state index in [1.807, 2.05) is 94.4 Å². The number of rotatable bonds is 23. The van der Waals surface area contributed by atoms with Crippen molar-refractivity contribution in [1.82, 2.24) is 36.1 Å². The molecule has 7 amide bonds. The zero-order valence-electron chi connectivity index (χ0n) is 48.5. The van der Waals surface area contributed by atoms with Gasteiger partial charge in [-0.15, -0.1) is 11.3 Å². The van der Waals surface area contributed by atoms with Gasteiger partial charge >= 0.3 is 7.60 Å². The Balaban J connectivity index is 0.765. The maximum atomic E-state index is 14.6. The van der Waals surface area contributed by atoms with Gasteiger partial charge in [-0.1, -0.05) is 87.5 Å². The SMILES string of the molecule is Cc1ncsc1-c1ccc(CNC(=O)C2C[C@@H](O)CN2C(=O)[C@@H](NC(=O)CCCc2ccc(CO[C@H](C)[C@H](CCC(N)=O)NC(=O)[C@@H]3Cc4cccc5c4N3C(=O)[C@@H](NC(=O)c3cc4cc(C(=O)P(=O)(O)O)ccc4[nH]3)CC5)cc2)C(C)(C)C)cc1. The molecule has 1 unspecified atom stereocenters. The summed E-state index contributed by atoms with van der Waals surface area (Å²) in [6.07, 6.45) is 0.555. The van der Waals surface area contributed by atoms with Crippen LogP contribution >= 0.6 is 18.9 Å². The first kappa shape index (κ1) is 62.6. The third-order valence-electron chi connectivity index (χ3n) is 16.1. The quantitative estimate of drug-likeness (QED) is 0.0363. The Kier molecular flexibility index (Phi) is 19.2. The van der Waals surface area contributed by atoms with Crippen molar-refractivity contribution in [2.75, 3.05) is 11.4 Å². The van der Waals surface area contributed by atoms with Gasteiger partial charge in [-0.2, -0.15) is 0 Å². The molecule has 0 saturated carbocycles. The molecule has 6 aromatic rings. The number of nitrogens with one attached hydrogen (secondary N) is 5. The van der Waals surface area contributed by atoms with E-state index in [1.54, 1.807) is 23.8 Å². The highest BCUT2D eigenvalue weighted by Crippen LogP contribution is 2.41. The second-order valence-corrected chi connectivity index (χ2v) is 25.9. The van der Waals surface area contributed by atoms with Crippen LogP contribution in [0, 0.1) is 12.3 Å². The summed E-state index contributed by atoms with van der Waals surface area (Å²) < 4.78 is 17.9. The molecule has 86 heavy (non-hydrogen) atoms. The number of para-hydroxylation sites is 1. The van der Waals surface area contributed by atoms with Gasteiger partial charge in [0.15, 0.2) is 0 Å². The number of benzene rings is 4. The predicted molar refractivity (Wildman–Crippen MR) is 321 cm³/mol. The first-order valence-electron chi connectivity index (χ1n) is 28.6. The van der Waals surface area contributed by atoms with E-state index in [-0.39, 0.29) is 75.4 Å². The van der Waals surface area contributed by atoms with Crippen LogP contribution in [-0.2, 0) is 70.5 Å². The van der Waals surface area contributed by atoms with E-state index in [9.17, 15) is 57.8 Å². The van der Waals surface area contributed by atoms with E-state index < -0.39 is 96.4 Å². The first-order chi connectivity index (χ1) is 40.8. The molecule has 3 aliphatic rings. The Morgan fingerprint density at radius 1 is 0.895 bits per heavy atom. The number of carbonyl (C=O) groups is 8. The first-order valence-corrected chi connectivity index (χ1v) is 31.1. The number of primary amides is 1. The fraction of sp³-hybridized carbons (Fsp3) is 0.403. The molecule has 5 heterocycles. The van der Waals surface area contributed by atoms with Crippen molar-refractivity contribution in [3.8, 4) is 10.4 Å². The largest absolute Gasteiger partial charge is 0.396 e. The number of amides is 7. The van der Waals surface area contributed by atoms with Crippen LogP contribution in [0.4, 0.5) is 5.69 Å². The molecule has 10 N–H and O–H groups in total. The van der Waals surface area contributed by atoms with Gasteiger partial charge in [0.25, 0.3) is 11.4 Å². The van der Waals surface area contributed by atoms with E-state index in [0.29, 0.717) is 35.9 Å². The van der Waals surface area contributed by atoms with Gasteiger partial charge in [0.2, 0.25) is 35.4 Å². The highest BCUT2D eigenvalue weighted by atomic mass is 32.1. The number of H-pyrrole nitrogens is 1. The number of hydrogen-bond donors (Lipinski definition) is 9. The summed E-state index contributed by atoms with van der Waals surface area (Å²) in [6.45, 7) is 9.57. The number of aromatic amines is 1. The number of hydrogen-bond acceptors (Lipinski definition) is 13. The van der Waals surface area contributed by atoms with E-state index in [1.165, 1.54) is 34.1 Å². The lowest BCUT2D eigenvalue weighted by Crippen LogP contribution is -2.57. The van der Waals surface area contributed by atoms with E-state index >= 15 is 0 Å². The normalized spacial score (nSPS) is 18.6. The minimum absolute atomic E-state index is 0.0338. The summed E-state index contributed by atoms with van der Waals surface area (Å²) in [6, 6.07) is 21.7. The number of nitrogens with zero attached hydrogens (tertiary/aromatic N) is 3. The molecule has 22 nitrogen and oxygen atoms in total. The molecule has 0 aliphatic carbocycles. The molecule has 0 bridgehead atoms. The van der Waals surface area contributed by atoms with E-state index in [4.69, 9.17) is 10.5 Å². The van der Waals surface area contributed by atoms with Crippen LogP contribution in [0.1, 0.15) is 121 Å². The van der Waals surface area contributed by atoms with Crippen molar-refractivity contribution >= 4 is 82.4 Å². The Bertz CT molecular complexity index is 3610. The summed E-state index contributed by atoms with van der Waals surface area (Å²) in [5.41, 5.74) is 12.3. The van der Waals surface area contributed by atoms with Crippen LogP contribution in [0.5, 0.6) is 0 Å². The molecule has 24 heteroatoms. The molecule has 2 aromatic heterocycles. The number of aliphatic hydroxyl groups is 1. The Hall–Kier alpha value is -7.92. The van der Waals surface area contributed by atoms with Crippen molar-refractivity contribution in [2.24, 2.45) is 11.1 Å². The summed E-state index contributed by atoms with van der Waals surface area (Å²) >= 11 is 1.56. The Morgan fingerprint density at radius 3 is 2.29 bits per heavy atom. The van der Waals surface area contributed by atoms with Crippen molar-refractivity contribution in [3.05, 3.63) is 141 Å². The van der Waals surface area contributed by atoms with E-state index in [2.05, 4.69) is 31.2 Å². The van der Waals surface area contributed by atoms with Gasteiger partial charge in [-0.25, -0.2) is 4.98 Å². The lowest BCUT2D eigenvalue weighted by atomic mass is 9.85. The lowest BCUT2D eigenvalue weighted by Gasteiger charge is -2.35. The number of aryl methyl sites for hydroxylation is 3. The minimum Gasteiger partial charge on any atom is -0.391 e. The summed E-state index contributed by atoms with van der Waals surface area (Å²) in [4.78, 5) is 138. The maximum absolute atomic E-state index is 14.6. The number of nitrogens with two attached hydrogens (primary N) is 1. The number of aliphatic hydroxyl groups excluding tert-OH is 1. The number of anilines is 1. The number of β-amino-alcohol motifs (C(OH)–C–C–N with tert-alkyl or cyclic N) is 1. The predicted octanol–water partition coefficient (Wildman–Crippen LogP) is 5.41. The molecule has 3 aliphatic heterocycles. The van der Waals surface area contributed by atoms with Gasteiger partial charge in [0.05, 0.1) is 46.6 Å². The summed E-state index contributed by atoms with van der Waals surface area (Å²) in [7, 11) is -5.06. The number of aromatic nitrogens is 2. The second kappa shape index (κ2) is 26.4. The molecule has 9 rings (SSSR count). The highest BCUT2D eigenvalue weighted by molar-refractivity contribution is 7.70. The molecule has 1 saturated heterocycles. The lowest BCUT2D eigenvalue weighted by molar-refractivity contribution is -0.144. The van der Waals surface area contributed by atoms with Gasteiger partial charge in [-0.05, 0) is 109 Å². The zero-order chi connectivity index (χ0) is 61.8. The average Bonchev–Trinajstić information content (AvgIpc) is 1.84. The number of thiazole rings is 1. The van der Waals surface area contributed by atoms with Crippen molar-refractivity contribution in [1.29, 1.82) is 0 Å². The average molecular weight is 1210 g/mol. The molecule has 0 spiro atoms. The molecule has 1 fully saturated rings. The summed E-state index contributed by atoms with van der Waals surface area (Å²) in [5, 5.41) is 22.7. The smallest absolute Gasteiger partial charge is 0.391 e. The van der Waals surface area contributed by atoms with Crippen LogP contribution in [-0.4, -0.2) is 126 Å². The molecule has 4 aromatic carbocycles. The third-order valence-corrected chi connectivity index (χ3v) is 17.9.